The first-order chi connectivity index (χ1) is 13.8. The first-order valence-electron chi connectivity index (χ1n) is 11.3. The maximum Gasteiger partial charge on any atom is 0.191 e. The Morgan fingerprint density at radius 3 is 2.72 bits per heavy atom. The van der Waals surface area contributed by atoms with Crippen LogP contribution in [-0.4, -0.2) is 67.7 Å². The standard InChI is InChI=1S/C21H38N6S.HI/c1-3-19-9-5-6-13-26(19)16-12-24-20(22-4-2)23-11-10-18-17-28-21(25-18)27-14-7-8-15-27;/h17,19H,3-16H2,1-2H3,(H2,22,23,24);1H. The van der Waals surface area contributed by atoms with Gasteiger partial charge < -0.3 is 15.5 Å². The second-order valence-corrected chi connectivity index (χ2v) is 8.68. The van der Waals surface area contributed by atoms with Gasteiger partial charge in [-0.2, -0.15) is 0 Å². The Hall–Kier alpha value is -0.610. The van der Waals surface area contributed by atoms with E-state index < -0.39 is 0 Å². The van der Waals surface area contributed by atoms with Gasteiger partial charge in [-0.1, -0.05) is 13.3 Å². The number of hydrogen-bond acceptors (Lipinski definition) is 5. The first kappa shape index (κ1) is 24.7. The second kappa shape index (κ2) is 13.6. The molecule has 1 unspecified atom stereocenters. The number of guanidine groups is 1. The number of aliphatic imine (C=N–C) groups is 1. The van der Waals surface area contributed by atoms with Gasteiger partial charge >= 0.3 is 0 Å². The van der Waals surface area contributed by atoms with E-state index in [-0.39, 0.29) is 24.0 Å². The number of piperidine rings is 1. The number of halogens is 1. The van der Waals surface area contributed by atoms with Gasteiger partial charge in [-0.05, 0) is 45.6 Å². The Morgan fingerprint density at radius 2 is 1.97 bits per heavy atom. The van der Waals surface area contributed by atoms with Gasteiger partial charge in [-0.15, -0.1) is 35.3 Å². The van der Waals surface area contributed by atoms with Crippen molar-refractivity contribution in [1.29, 1.82) is 0 Å². The molecule has 2 N–H and O–H groups in total. The van der Waals surface area contributed by atoms with Gasteiger partial charge in [0.15, 0.2) is 11.1 Å². The molecule has 2 aliphatic heterocycles. The molecule has 0 aromatic carbocycles. The van der Waals surface area contributed by atoms with Crippen LogP contribution in [0, 0.1) is 0 Å². The number of anilines is 1. The van der Waals surface area contributed by atoms with Crippen molar-refractivity contribution in [2.45, 2.75) is 64.8 Å². The Balaban J connectivity index is 0.00000300. The molecule has 0 radical (unpaired) electrons. The number of nitrogens with zero attached hydrogens (tertiary/aromatic N) is 4. The molecule has 0 bridgehead atoms. The highest BCUT2D eigenvalue weighted by Crippen LogP contribution is 2.24. The molecule has 6 nitrogen and oxygen atoms in total. The van der Waals surface area contributed by atoms with Crippen molar-refractivity contribution in [1.82, 2.24) is 20.5 Å². The summed E-state index contributed by atoms with van der Waals surface area (Å²) in [5.74, 6) is 0.933. The largest absolute Gasteiger partial charge is 0.357 e. The monoisotopic (exact) mass is 534 g/mol. The third-order valence-corrected chi connectivity index (χ3v) is 6.76. The van der Waals surface area contributed by atoms with Crippen LogP contribution in [0.2, 0.25) is 0 Å². The number of thiazole rings is 1. The molecule has 1 atom stereocenters. The van der Waals surface area contributed by atoms with E-state index in [4.69, 9.17) is 9.98 Å². The third kappa shape index (κ3) is 7.86. The summed E-state index contributed by atoms with van der Waals surface area (Å²) >= 11 is 1.78. The zero-order valence-corrected chi connectivity index (χ0v) is 21.3. The van der Waals surface area contributed by atoms with Crippen LogP contribution in [0.1, 0.15) is 58.1 Å². The zero-order chi connectivity index (χ0) is 19.6. The van der Waals surface area contributed by atoms with Crippen LogP contribution < -0.4 is 15.5 Å². The predicted octanol–water partition coefficient (Wildman–Crippen LogP) is 3.72. The Kier molecular flexibility index (Phi) is 11.6. The van der Waals surface area contributed by atoms with E-state index in [2.05, 4.69) is 39.7 Å². The van der Waals surface area contributed by atoms with E-state index in [1.54, 1.807) is 11.3 Å². The van der Waals surface area contributed by atoms with Crippen LogP contribution in [0.3, 0.4) is 0 Å². The summed E-state index contributed by atoms with van der Waals surface area (Å²) in [6, 6.07) is 0.758. The highest BCUT2D eigenvalue weighted by molar-refractivity contribution is 14.0. The normalized spacial score (nSPS) is 20.6. The summed E-state index contributed by atoms with van der Waals surface area (Å²) < 4.78 is 0. The molecule has 3 rings (SSSR count). The van der Waals surface area contributed by atoms with Gasteiger partial charge in [0.25, 0.3) is 0 Å². The van der Waals surface area contributed by atoms with Crippen LogP contribution in [0.15, 0.2) is 10.4 Å². The van der Waals surface area contributed by atoms with Crippen LogP contribution in [-0.2, 0) is 6.42 Å². The fourth-order valence-corrected chi connectivity index (χ4v) is 5.14. The van der Waals surface area contributed by atoms with Gasteiger partial charge in [0.2, 0.25) is 0 Å². The molecule has 0 aliphatic carbocycles. The average Bonchev–Trinajstić information content (AvgIpc) is 3.40. The van der Waals surface area contributed by atoms with Crippen molar-refractivity contribution in [2.75, 3.05) is 50.7 Å². The lowest BCUT2D eigenvalue weighted by molar-refractivity contribution is 0.148. The molecule has 1 aromatic rings. The van der Waals surface area contributed by atoms with Crippen molar-refractivity contribution in [3.05, 3.63) is 11.1 Å². The van der Waals surface area contributed by atoms with Crippen molar-refractivity contribution in [2.24, 2.45) is 4.99 Å². The van der Waals surface area contributed by atoms with Gasteiger partial charge in [0, 0.05) is 50.6 Å². The molecule has 0 amide bonds. The van der Waals surface area contributed by atoms with Crippen molar-refractivity contribution in [3.8, 4) is 0 Å². The number of nitrogens with one attached hydrogen (secondary N) is 2. The molecule has 0 saturated carbocycles. The summed E-state index contributed by atoms with van der Waals surface area (Å²) in [5.41, 5.74) is 1.19. The lowest BCUT2D eigenvalue weighted by Gasteiger charge is -2.34. The molecule has 1 aromatic heterocycles. The van der Waals surface area contributed by atoms with Crippen molar-refractivity contribution in [3.63, 3.8) is 0 Å². The topological polar surface area (TPSA) is 55.8 Å². The highest BCUT2D eigenvalue weighted by atomic mass is 127. The number of hydrogen-bond donors (Lipinski definition) is 2. The van der Waals surface area contributed by atoms with E-state index in [0.29, 0.717) is 0 Å². The molecule has 2 fully saturated rings. The maximum absolute atomic E-state index is 4.81. The molecule has 3 heterocycles. The molecule has 166 valence electrons. The SMILES string of the molecule is CCNC(=NCCN1CCCCC1CC)NCCc1csc(N2CCCC2)n1.I. The third-order valence-electron chi connectivity index (χ3n) is 5.81. The summed E-state index contributed by atoms with van der Waals surface area (Å²) in [6.07, 6.45) is 8.88. The van der Waals surface area contributed by atoms with Crippen LogP contribution in [0.25, 0.3) is 0 Å². The molecular formula is C21H39IN6S. The number of rotatable bonds is 9. The van der Waals surface area contributed by atoms with E-state index >= 15 is 0 Å². The Morgan fingerprint density at radius 1 is 1.17 bits per heavy atom. The van der Waals surface area contributed by atoms with Crippen LogP contribution in [0.5, 0.6) is 0 Å². The fourth-order valence-electron chi connectivity index (χ4n) is 4.22. The van der Waals surface area contributed by atoms with E-state index in [9.17, 15) is 0 Å². The van der Waals surface area contributed by atoms with Crippen LogP contribution in [0.4, 0.5) is 5.13 Å². The van der Waals surface area contributed by atoms with Gasteiger partial charge in [0.1, 0.15) is 0 Å². The molecule has 0 spiro atoms. The van der Waals surface area contributed by atoms with E-state index in [0.717, 1.165) is 44.6 Å². The minimum atomic E-state index is 0. The van der Waals surface area contributed by atoms with Gasteiger partial charge in [-0.25, -0.2) is 4.98 Å². The zero-order valence-electron chi connectivity index (χ0n) is 18.2. The van der Waals surface area contributed by atoms with Crippen molar-refractivity contribution < 1.29 is 0 Å². The summed E-state index contributed by atoms with van der Waals surface area (Å²) in [5, 5.41) is 10.3. The molecule has 2 saturated heterocycles. The molecule has 29 heavy (non-hydrogen) atoms. The highest BCUT2D eigenvalue weighted by Gasteiger charge is 2.20. The summed E-state index contributed by atoms with van der Waals surface area (Å²) in [4.78, 5) is 14.7. The van der Waals surface area contributed by atoms with Gasteiger partial charge in [-0.3, -0.25) is 9.89 Å². The molecule has 8 heteroatoms. The lowest BCUT2D eigenvalue weighted by Crippen LogP contribution is -2.42. The first-order valence-corrected chi connectivity index (χ1v) is 12.1. The quantitative estimate of drug-likeness (QED) is 0.288. The second-order valence-electron chi connectivity index (χ2n) is 7.85. The fraction of sp³-hybridized carbons (Fsp3) is 0.810. The van der Waals surface area contributed by atoms with Gasteiger partial charge in [0.05, 0.1) is 12.2 Å². The molecule has 2 aliphatic rings. The smallest absolute Gasteiger partial charge is 0.191 e. The predicted molar refractivity (Wildman–Crippen MR) is 136 cm³/mol. The van der Waals surface area contributed by atoms with E-state index in [1.807, 2.05) is 0 Å². The average molecular weight is 535 g/mol. The minimum Gasteiger partial charge on any atom is -0.357 e. The Labute approximate surface area is 198 Å². The summed E-state index contributed by atoms with van der Waals surface area (Å²) in [6.45, 7) is 11.7. The maximum atomic E-state index is 4.81. The minimum absolute atomic E-state index is 0. The lowest BCUT2D eigenvalue weighted by atomic mass is 10.0. The van der Waals surface area contributed by atoms with Crippen LogP contribution >= 0.6 is 35.3 Å². The number of likely N-dealkylation sites (tertiary alicyclic amines) is 1. The molecular weight excluding hydrogens is 495 g/mol. The van der Waals surface area contributed by atoms with Crippen molar-refractivity contribution >= 4 is 46.4 Å². The number of aromatic nitrogens is 1. The summed E-state index contributed by atoms with van der Waals surface area (Å²) in [7, 11) is 0. The van der Waals surface area contributed by atoms with E-state index in [1.165, 1.54) is 69.0 Å². The Bertz CT molecular complexity index is 602.